The first-order valence-electron chi connectivity index (χ1n) is 6.64. The Morgan fingerprint density at radius 2 is 1.90 bits per heavy atom. The molecule has 0 fully saturated rings. The molecule has 1 rings (SSSR count). The first-order valence-corrected chi connectivity index (χ1v) is 7.02. The fourth-order valence-electron chi connectivity index (χ4n) is 1.63. The Kier molecular flexibility index (Phi) is 6.30. The Morgan fingerprint density at radius 3 is 2.45 bits per heavy atom. The van der Waals surface area contributed by atoms with Crippen molar-refractivity contribution in [3.63, 3.8) is 0 Å². The zero-order valence-corrected chi connectivity index (χ0v) is 13.3. The second-order valence-electron chi connectivity index (χ2n) is 5.84. The Hall–Kier alpha value is -1.26. The molecule has 0 heterocycles. The van der Waals surface area contributed by atoms with Crippen molar-refractivity contribution in [2.24, 2.45) is 0 Å². The third-order valence-electron chi connectivity index (χ3n) is 2.48. The van der Waals surface area contributed by atoms with Crippen LogP contribution >= 0.6 is 11.6 Å². The molecule has 0 aromatic heterocycles. The molecule has 1 aromatic rings. The summed E-state index contributed by atoms with van der Waals surface area (Å²) >= 11 is 5.80. The molecule has 1 aromatic carbocycles. The van der Waals surface area contributed by atoms with Crippen LogP contribution in [0.3, 0.4) is 0 Å². The molecule has 1 amide bonds. The molecule has 0 spiro atoms. The third kappa shape index (κ3) is 7.36. The van der Waals surface area contributed by atoms with Gasteiger partial charge in [-0.3, -0.25) is 9.69 Å². The Bertz CT molecular complexity index is 426. The lowest BCUT2D eigenvalue weighted by atomic mass is 10.1. The molecule has 20 heavy (non-hydrogen) atoms. The van der Waals surface area contributed by atoms with Crippen molar-refractivity contribution in [3.8, 4) is 5.75 Å². The molecular weight excluding hydrogens is 276 g/mol. The van der Waals surface area contributed by atoms with Crippen molar-refractivity contribution in [1.82, 2.24) is 10.2 Å². The molecule has 0 atom stereocenters. The van der Waals surface area contributed by atoms with E-state index < -0.39 is 0 Å². The predicted molar refractivity (Wildman–Crippen MR) is 82.3 cm³/mol. The van der Waals surface area contributed by atoms with Gasteiger partial charge in [-0.2, -0.15) is 0 Å². The largest absolute Gasteiger partial charge is 0.492 e. The van der Waals surface area contributed by atoms with E-state index in [-0.39, 0.29) is 11.4 Å². The highest BCUT2D eigenvalue weighted by atomic mass is 35.5. The van der Waals surface area contributed by atoms with E-state index in [0.717, 1.165) is 5.75 Å². The summed E-state index contributed by atoms with van der Waals surface area (Å²) in [4.78, 5) is 13.7. The van der Waals surface area contributed by atoms with Crippen molar-refractivity contribution >= 4 is 17.5 Å². The summed E-state index contributed by atoms with van der Waals surface area (Å²) in [5.41, 5.74) is -0.197. The van der Waals surface area contributed by atoms with Gasteiger partial charge in [0.15, 0.2) is 0 Å². The van der Waals surface area contributed by atoms with Crippen molar-refractivity contribution < 1.29 is 9.53 Å². The molecule has 112 valence electrons. The number of hydrogen-bond donors (Lipinski definition) is 1. The van der Waals surface area contributed by atoms with Gasteiger partial charge in [-0.05, 0) is 52.1 Å². The quantitative estimate of drug-likeness (QED) is 0.877. The van der Waals surface area contributed by atoms with E-state index in [9.17, 15) is 4.79 Å². The minimum absolute atomic E-state index is 0.0199. The van der Waals surface area contributed by atoms with Crippen LogP contribution in [0.25, 0.3) is 0 Å². The molecule has 0 saturated carbocycles. The average Bonchev–Trinajstić information content (AvgIpc) is 2.29. The molecule has 0 radical (unpaired) electrons. The monoisotopic (exact) mass is 298 g/mol. The van der Waals surface area contributed by atoms with Crippen molar-refractivity contribution in [3.05, 3.63) is 29.3 Å². The van der Waals surface area contributed by atoms with Gasteiger partial charge in [0.25, 0.3) is 0 Å². The van der Waals surface area contributed by atoms with Gasteiger partial charge in [-0.25, -0.2) is 0 Å². The summed E-state index contributed by atoms with van der Waals surface area (Å²) < 4.78 is 5.58. The molecule has 0 unspecified atom stereocenters. The highest BCUT2D eigenvalue weighted by Crippen LogP contribution is 2.15. The third-order valence-corrected chi connectivity index (χ3v) is 2.74. The standard InChI is InChI=1S/C15H23ClN2O2/c1-15(2,3)17-14(19)11-18(4)9-10-20-13-7-5-12(16)6-8-13/h5-8H,9-11H2,1-4H3,(H,17,19). The van der Waals surface area contributed by atoms with Crippen molar-refractivity contribution in [2.45, 2.75) is 26.3 Å². The topological polar surface area (TPSA) is 41.6 Å². The number of halogens is 1. The number of rotatable bonds is 6. The van der Waals surface area contributed by atoms with E-state index in [1.54, 1.807) is 12.1 Å². The van der Waals surface area contributed by atoms with Crippen molar-refractivity contribution in [2.75, 3.05) is 26.7 Å². The zero-order chi connectivity index (χ0) is 15.2. The van der Waals surface area contributed by atoms with Gasteiger partial charge < -0.3 is 10.1 Å². The van der Waals surface area contributed by atoms with Gasteiger partial charge in [0.1, 0.15) is 12.4 Å². The molecule has 5 heteroatoms. The molecule has 0 aliphatic rings. The summed E-state index contributed by atoms with van der Waals surface area (Å²) in [5, 5.41) is 3.62. The SMILES string of the molecule is CN(CCOc1ccc(Cl)cc1)CC(=O)NC(C)(C)C. The van der Waals surface area contributed by atoms with Crippen LogP contribution in [0.5, 0.6) is 5.75 Å². The first-order chi connectivity index (χ1) is 9.26. The lowest BCUT2D eigenvalue weighted by molar-refractivity contribution is -0.123. The zero-order valence-electron chi connectivity index (χ0n) is 12.6. The number of benzene rings is 1. The van der Waals surface area contributed by atoms with Crippen LogP contribution in [0.15, 0.2) is 24.3 Å². The maximum absolute atomic E-state index is 11.7. The number of hydrogen-bond acceptors (Lipinski definition) is 3. The second kappa shape index (κ2) is 7.50. The van der Waals surface area contributed by atoms with E-state index in [4.69, 9.17) is 16.3 Å². The van der Waals surface area contributed by atoms with Gasteiger partial charge in [-0.15, -0.1) is 0 Å². The minimum Gasteiger partial charge on any atom is -0.492 e. The van der Waals surface area contributed by atoms with Crippen LogP contribution in [-0.2, 0) is 4.79 Å². The Labute approximate surface area is 126 Å². The van der Waals surface area contributed by atoms with Gasteiger partial charge in [-0.1, -0.05) is 11.6 Å². The van der Waals surface area contributed by atoms with Gasteiger partial charge >= 0.3 is 0 Å². The minimum atomic E-state index is -0.197. The highest BCUT2D eigenvalue weighted by molar-refractivity contribution is 6.30. The van der Waals surface area contributed by atoms with Gasteiger partial charge in [0.05, 0.1) is 6.54 Å². The van der Waals surface area contributed by atoms with Gasteiger partial charge in [0, 0.05) is 17.1 Å². The normalized spacial score (nSPS) is 11.5. The van der Waals surface area contributed by atoms with Gasteiger partial charge in [0.2, 0.25) is 5.91 Å². The van der Waals surface area contributed by atoms with E-state index in [1.807, 2.05) is 44.9 Å². The van der Waals surface area contributed by atoms with Crippen LogP contribution in [0.1, 0.15) is 20.8 Å². The second-order valence-corrected chi connectivity index (χ2v) is 6.27. The van der Waals surface area contributed by atoms with E-state index >= 15 is 0 Å². The molecule has 0 bridgehead atoms. The Morgan fingerprint density at radius 1 is 1.30 bits per heavy atom. The number of amides is 1. The van der Waals surface area contributed by atoms with Crippen molar-refractivity contribution in [1.29, 1.82) is 0 Å². The molecule has 1 N–H and O–H groups in total. The smallest absolute Gasteiger partial charge is 0.234 e. The maximum Gasteiger partial charge on any atom is 0.234 e. The maximum atomic E-state index is 11.7. The van der Waals surface area contributed by atoms with E-state index in [0.29, 0.717) is 24.7 Å². The van der Waals surface area contributed by atoms with Crippen LogP contribution in [-0.4, -0.2) is 43.1 Å². The summed E-state index contributed by atoms with van der Waals surface area (Å²) in [7, 11) is 1.90. The highest BCUT2D eigenvalue weighted by Gasteiger charge is 2.14. The number of likely N-dealkylation sites (N-methyl/N-ethyl adjacent to an activating group) is 1. The fourth-order valence-corrected chi connectivity index (χ4v) is 1.76. The molecular formula is C15H23ClN2O2. The molecule has 0 aliphatic carbocycles. The lowest BCUT2D eigenvalue weighted by Gasteiger charge is -2.23. The molecule has 0 aliphatic heterocycles. The van der Waals surface area contributed by atoms with Crippen LogP contribution in [0, 0.1) is 0 Å². The number of nitrogens with zero attached hydrogens (tertiary/aromatic N) is 1. The Balaban J connectivity index is 2.24. The first kappa shape index (κ1) is 16.8. The number of nitrogens with one attached hydrogen (secondary N) is 1. The average molecular weight is 299 g/mol. The number of carbonyl (C=O) groups is 1. The molecule has 4 nitrogen and oxygen atoms in total. The van der Waals surface area contributed by atoms with Crippen LogP contribution < -0.4 is 10.1 Å². The van der Waals surface area contributed by atoms with Crippen LogP contribution in [0.2, 0.25) is 5.02 Å². The van der Waals surface area contributed by atoms with E-state index in [1.165, 1.54) is 0 Å². The summed E-state index contributed by atoms with van der Waals surface area (Å²) in [5.74, 6) is 0.799. The number of ether oxygens (including phenoxy) is 1. The summed E-state index contributed by atoms with van der Waals surface area (Å²) in [6.45, 7) is 7.47. The summed E-state index contributed by atoms with van der Waals surface area (Å²) in [6, 6.07) is 7.23. The van der Waals surface area contributed by atoms with Crippen LogP contribution in [0.4, 0.5) is 0 Å². The fraction of sp³-hybridized carbons (Fsp3) is 0.533. The van der Waals surface area contributed by atoms with E-state index in [2.05, 4.69) is 5.32 Å². The summed E-state index contributed by atoms with van der Waals surface area (Å²) in [6.07, 6.45) is 0. The predicted octanol–water partition coefficient (Wildman–Crippen LogP) is 2.57. The lowest BCUT2D eigenvalue weighted by Crippen LogP contribution is -2.45. The number of carbonyl (C=O) groups excluding carboxylic acids is 1. The molecule has 0 saturated heterocycles.